The second-order valence-electron chi connectivity index (χ2n) is 8.06. The Labute approximate surface area is 127 Å². The molecular formula is C19H37N. The van der Waals surface area contributed by atoms with Crippen LogP contribution >= 0.6 is 0 Å². The first-order valence-electron chi connectivity index (χ1n) is 8.08. The standard InChI is InChI=1S/C19H37N/c1-10-11-16(4)13-20-17(5)12-18(6,7)14-19(8,9)15(2)3/h16,20H,2,5,10-14H2,1,3-4,6-9H3. The fourth-order valence-electron chi connectivity index (χ4n) is 2.96. The Morgan fingerprint density at radius 3 is 2.15 bits per heavy atom. The van der Waals surface area contributed by atoms with Gasteiger partial charge >= 0.3 is 0 Å². The van der Waals surface area contributed by atoms with E-state index in [4.69, 9.17) is 0 Å². The van der Waals surface area contributed by atoms with Crippen LogP contribution in [0, 0.1) is 16.7 Å². The first-order valence-corrected chi connectivity index (χ1v) is 8.08. The van der Waals surface area contributed by atoms with E-state index in [0.29, 0.717) is 0 Å². The molecule has 0 heterocycles. The third-order valence-electron chi connectivity index (χ3n) is 4.25. The van der Waals surface area contributed by atoms with Gasteiger partial charge in [0.15, 0.2) is 0 Å². The second kappa shape index (κ2) is 7.90. The molecule has 1 unspecified atom stereocenters. The van der Waals surface area contributed by atoms with Gasteiger partial charge in [0.05, 0.1) is 0 Å². The van der Waals surface area contributed by atoms with Crippen LogP contribution < -0.4 is 5.32 Å². The van der Waals surface area contributed by atoms with Gasteiger partial charge in [-0.15, -0.1) is 0 Å². The SMILES string of the molecule is C=C(CC(C)(C)CC(C)(C)C(=C)C)NCC(C)CCC. The molecule has 1 nitrogen and oxygen atoms in total. The molecule has 0 aromatic rings. The van der Waals surface area contributed by atoms with E-state index < -0.39 is 0 Å². The van der Waals surface area contributed by atoms with Crippen molar-refractivity contribution in [2.24, 2.45) is 16.7 Å². The zero-order valence-electron chi connectivity index (χ0n) is 15.0. The second-order valence-corrected chi connectivity index (χ2v) is 8.06. The van der Waals surface area contributed by atoms with E-state index in [1.54, 1.807) is 0 Å². The van der Waals surface area contributed by atoms with E-state index >= 15 is 0 Å². The van der Waals surface area contributed by atoms with Crippen molar-refractivity contribution >= 4 is 0 Å². The third-order valence-corrected chi connectivity index (χ3v) is 4.25. The van der Waals surface area contributed by atoms with Crippen molar-refractivity contribution in [3.63, 3.8) is 0 Å². The zero-order valence-corrected chi connectivity index (χ0v) is 15.0. The molecule has 0 bridgehead atoms. The van der Waals surface area contributed by atoms with Crippen LogP contribution in [-0.2, 0) is 0 Å². The highest BCUT2D eigenvalue weighted by molar-refractivity contribution is 5.06. The normalized spacial score (nSPS) is 13.9. The van der Waals surface area contributed by atoms with Gasteiger partial charge in [0, 0.05) is 12.2 Å². The first kappa shape index (κ1) is 19.3. The highest BCUT2D eigenvalue weighted by atomic mass is 14.9. The molecule has 0 saturated carbocycles. The van der Waals surface area contributed by atoms with Crippen LogP contribution in [0.1, 0.15) is 74.1 Å². The summed E-state index contributed by atoms with van der Waals surface area (Å²) < 4.78 is 0. The van der Waals surface area contributed by atoms with Gasteiger partial charge in [-0.2, -0.15) is 0 Å². The van der Waals surface area contributed by atoms with Crippen molar-refractivity contribution < 1.29 is 0 Å². The van der Waals surface area contributed by atoms with E-state index in [0.717, 1.165) is 25.3 Å². The monoisotopic (exact) mass is 279 g/mol. The predicted octanol–water partition coefficient (Wildman–Crippen LogP) is 5.93. The van der Waals surface area contributed by atoms with Crippen molar-refractivity contribution in [2.75, 3.05) is 6.54 Å². The summed E-state index contributed by atoms with van der Waals surface area (Å²) in [5.41, 5.74) is 2.89. The number of hydrogen-bond acceptors (Lipinski definition) is 1. The van der Waals surface area contributed by atoms with Crippen molar-refractivity contribution in [2.45, 2.75) is 74.1 Å². The van der Waals surface area contributed by atoms with Gasteiger partial charge in [0.2, 0.25) is 0 Å². The number of hydrogen-bond donors (Lipinski definition) is 1. The average molecular weight is 280 g/mol. The van der Waals surface area contributed by atoms with E-state index in [2.05, 4.69) is 66.9 Å². The maximum absolute atomic E-state index is 4.21. The predicted molar refractivity (Wildman–Crippen MR) is 92.8 cm³/mol. The van der Waals surface area contributed by atoms with Crippen molar-refractivity contribution in [1.29, 1.82) is 0 Å². The van der Waals surface area contributed by atoms with Crippen LogP contribution in [0.3, 0.4) is 0 Å². The molecule has 0 aliphatic heterocycles. The summed E-state index contributed by atoms with van der Waals surface area (Å²) in [4.78, 5) is 0. The summed E-state index contributed by atoms with van der Waals surface area (Å²) in [6.07, 6.45) is 4.71. The van der Waals surface area contributed by atoms with Gasteiger partial charge in [-0.3, -0.25) is 0 Å². The molecule has 0 aromatic heterocycles. The van der Waals surface area contributed by atoms with Gasteiger partial charge in [-0.25, -0.2) is 0 Å². The van der Waals surface area contributed by atoms with E-state index in [9.17, 15) is 0 Å². The van der Waals surface area contributed by atoms with Crippen LogP contribution in [0.2, 0.25) is 0 Å². The molecule has 0 fully saturated rings. The topological polar surface area (TPSA) is 12.0 Å². The lowest BCUT2D eigenvalue weighted by atomic mass is 9.70. The van der Waals surface area contributed by atoms with Crippen molar-refractivity contribution in [3.8, 4) is 0 Å². The molecule has 1 atom stereocenters. The van der Waals surface area contributed by atoms with Crippen molar-refractivity contribution in [3.05, 3.63) is 24.4 Å². The number of allylic oxidation sites excluding steroid dienone is 2. The van der Waals surface area contributed by atoms with Gasteiger partial charge in [0.1, 0.15) is 0 Å². The van der Waals surface area contributed by atoms with Gasteiger partial charge in [-0.05, 0) is 42.9 Å². The van der Waals surface area contributed by atoms with Crippen LogP contribution in [0.4, 0.5) is 0 Å². The molecule has 1 heteroatoms. The molecular weight excluding hydrogens is 242 g/mol. The van der Waals surface area contributed by atoms with Crippen LogP contribution in [0.5, 0.6) is 0 Å². The van der Waals surface area contributed by atoms with E-state index in [-0.39, 0.29) is 10.8 Å². The minimum absolute atomic E-state index is 0.194. The Balaban J connectivity index is 4.32. The quantitative estimate of drug-likeness (QED) is 0.488. The fourth-order valence-corrected chi connectivity index (χ4v) is 2.96. The highest BCUT2D eigenvalue weighted by Gasteiger charge is 2.29. The van der Waals surface area contributed by atoms with Gasteiger partial charge in [0.25, 0.3) is 0 Å². The Bertz CT molecular complexity index is 323. The summed E-state index contributed by atoms with van der Waals surface area (Å²) >= 11 is 0. The first-order chi connectivity index (χ1) is 9.00. The summed E-state index contributed by atoms with van der Waals surface area (Å²) in [6.45, 7) is 25.3. The van der Waals surface area contributed by atoms with Crippen LogP contribution in [0.15, 0.2) is 24.4 Å². The van der Waals surface area contributed by atoms with Crippen molar-refractivity contribution in [1.82, 2.24) is 5.32 Å². The lowest BCUT2D eigenvalue weighted by molar-refractivity contribution is 0.222. The molecule has 0 saturated heterocycles. The third kappa shape index (κ3) is 7.77. The minimum Gasteiger partial charge on any atom is -0.389 e. The zero-order chi connectivity index (χ0) is 16.0. The number of nitrogens with one attached hydrogen (secondary N) is 1. The lowest BCUT2D eigenvalue weighted by Gasteiger charge is -2.36. The Hall–Kier alpha value is -0.720. The molecule has 20 heavy (non-hydrogen) atoms. The Kier molecular flexibility index (Phi) is 7.62. The molecule has 0 amide bonds. The fraction of sp³-hybridized carbons (Fsp3) is 0.789. The maximum atomic E-state index is 4.21. The van der Waals surface area contributed by atoms with Gasteiger partial charge < -0.3 is 5.32 Å². The Morgan fingerprint density at radius 1 is 1.15 bits per heavy atom. The molecule has 1 N–H and O–H groups in total. The molecule has 118 valence electrons. The summed E-state index contributed by atoms with van der Waals surface area (Å²) in [7, 11) is 0. The van der Waals surface area contributed by atoms with Gasteiger partial charge in [-0.1, -0.05) is 66.7 Å². The summed E-state index contributed by atoms with van der Waals surface area (Å²) in [5.74, 6) is 0.728. The maximum Gasteiger partial charge on any atom is 0.0169 e. The van der Waals surface area contributed by atoms with Crippen LogP contribution in [0.25, 0.3) is 0 Å². The average Bonchev–Trinajstić information content (AvgIpc) is 2.24. The summed E-state index contributed by atoms with van der Waals surface area (Å²) in [5, 5.41) is 3.52. The molecule has 0 spiro atoms. The highest BCUT2D eigenvalue weighted by Crippen LogP contribution is 2.41. The van der Waals surface area contributed by atoms with E-state index in [1.165, 1.54) is 24.1 Å². The molecule has 0 aliphatic carbocycles. The smallest absolute Gasteiger partial charge is 0.0169 e. The lowest BCUT2D eigenvalue weighted by Crippen LogP contribution is -2.28. The molecule has 0 radical (unpaired) electrons. The Morgan fingerprint density at radius 2 is 1.70 bits per heavy atom. The largest absolute Gasteiger partial charge is 0.389 e. The molecule has 0 rings (SSSR count). The van der Waals surface area contributed by atoms with E-state index in [1.807, 2.05) is 0 Å². The van der Waals surface area contributed by atoms with Crippen LogP contribution in [-0.4, -0.2) is 6.54 Å². The molecule has 0 aliphatic rings. The minimum atomic E-state index is 0.194. The summed E-state index contributed by atoms with van der Waals surface area (Å²) in [6, 6.07) is 0. The molecule has 0 aromatic carbocycles. The number of rotatable bonds is 10.